The van der Waals surface area contributed by atoms with Crippen LogP contribution in [-0.4, -0.2) is 99.8 Å². The molecule has 5 heterocycles. The largest absolute Gasteiger partial charge is 0.444 e. The van der Waals surface area contributed by atoms with Gasteiger partial charge in [-0.3, -0.25) is 14.6 Å². The molecule has 2 aliphatic carbocycles. The molecule has 6 aliphatic rings. The fourth-order valence-corrected chi connectivity index (χ4v) is 10.0. The van der Waals surface area contributed by atoms with Crippen LogP contribution >= 0.6 is 0 Å². The highest BCUT2D eigenvalue weighted by Gasteiger charge is 2.62. The second kappa shape index (κ2) is 10.5. The van der Waals surface area contributed by atoms with Crippen molar-refractivity contribution in [3.05, 3.63) is 11.8 Å². The molecule has 0 aromatic carbocycles. The topological polar surface area (TPSA) is 128 Å². The molecule has 2 amide bonds. The Labute approximate surface area is 261 Å². The lowest BCUT2D eigenvalue weighted by molar-refractivity contribution is -0.120. The van der Waals surface area contributed by atoms with Gasteiger partial charge in [0.2, 0.25) is 11.9 Å². The van der Waals surface area contributed by atoms with Crippen molar-refractivity contribution in [1.82, 2.24) is 23.5 Å². The lowest BCUT2D eigenvalue weighted by atomic mass is 9.81. The van der Waals surface area contributed by atoms with Crippen molar-refractivity contribution < 1.29 is 22.7 Å². The smallest absolute Gasteiger partial charge is 0.410 e. The number of rotatable bonds is 5. The number of carbonyl (C=O) groups is 2. The Bertz CT molecular complexity index is 1430. The van der Waals surface area contributed by atoms with Gasteiger partial charge < -0.3 is 10.1 Å². The second-order valence-corrected chi connectivity index (χ2v) is 17.0. The Kier molecular flexibility index (Phi) is 7.21. The Balaban J connectivity index is 0.977. The van der Waals surface area contributed by atoms with Crippen molar-refractivity contribution in [2.45, 2.75) is 121 Å². The van der Waals surface area contributed by atoms with Crippen LogP contribution in [0.2, 0.25) is 0 Å². The van der Waals surface area contributed by atoms with Gasteiger partial charge in [-0.25, -0.2) is 9.78 Å². The van der Waals surface area contributed by atoms with Crippen LogP contribution in [0.1, 0.15) is 97.5 Å². The number of piperidine rings is 2. The second-order valence-electron chi connectivity index (χ2n) is 15.1. The molecule has 242 valence electrons. The minimum Gasteiger partial charge on any atom is -0.444 e. The van der Waals surface area contributed by atoms with Crippen molar-refractivity contribution in [2.75, 3.05) is 42.9 Å². The van der Waals surface area contributed by atoms with Gasteiger partial charge in [-0.05, 0) is 84.5 Å². The molecule has 2 atom stereocenters. The first-order chi connectivity index (χ1) is 20.8. The maximum Gasteiger partial charge on any atom is 0.410 e. The third kappa shape index (κ3) is 4.97. The molecule has 1 aromatic heterocycles. The number of hydrogen-bond donors (Lipinski definition) is 1. The van der Waals surface area contributed by atoms with E-state index in [-0.39, 0.29) is 24.1 Å². The maximum atomic E-state index is 13.6. The summed E-state index contributed by atoms with van der Waals surface area (Å²) in [5.41, 5.74) is -0.515. The van der Waals surface area contributed by atoms with Crippen LogP contribution in [0.15, 0.2) is 6.20 Å². The van der Waals surface area contributed by atoms with E-state index in [4.69, 9.17) is 9.72 Å². The van der Waals surface area contributed by atoms with Crippen LogP contribution in [0.4, 0.5) is 16.6 Å². The number of nitrogens with one attached hydrogen (secondary N) is 1. The number of likely N-dealkylation sites (tertiary alicyclic amines) is 1. The van der Waals surface area contributed by atoms with Crippen LogP contribution in [0, 0.1) is 5.92 Å². The Morgan fingerprint density at radius 3 is 2.36 bits per heavy atom. The number of nitrogens with zero attached hydrogens (tertiary/aromatic N) is 6. The van der Waals surface area contributed by atoms with Gasteiger partial charge in [0, 0.05) is 56.6 Å². The summed E-state index contributed by atoms with van der Waals surface area (Å²) in [7, 11) is -3.64. The summed E-state index contributed by atoms with van der Waals surface area (Å²) < 4.78 is 36.0. The first kappa shape index (κ1) is 30.2. The van der Waals surface area contributed by atoms with Crippen LogP contribution < -0.4 is 10.2 Å². The zero-order valence-electron chi connectivity index (χ0n) is 26.5. The number of carbonyl (C=O) groups excluding carboxylic acids is 2. The van der Waals surface area contributed by atoms with Gasteiger partial charge in [-0.1, -0.05) is 13.3 Å². The zero-order valence-corrected chi connectivity index (χ0v) is 27.4. The van der Waals surface area contributed by atoms with E-state index in [0.29, 0.717) is 57.4 Å². The fourth-order valence-electron chi connectivity index (χ4n) is 8.21. The zero-order chi connectivity index (χ0) is 31.1. The summed E-state index contributed by atoms with van der Waals surface area (Å²) in [6.07, 6.45) is 10.4. The summed E-state index contributed by atoms with van der Waals surface area (Å²) in [5, 5.41) is 3.45. The summed E-state index contributed by atoms with van der Waals surface area (Å²) in [6.45, 7) is 9.80. The molecule has 1 aromatic rings. The molecule has 4 aliphatic heterocycles. The molecule has 2 saturated carbocycles. The van der Waals surface area contributed by atoms with E-state index in [1.807, 2.05) is 31.9 Å². The summed E-state index contributed by atoms with van der Waals surface area (Å²) in [6, 6.07) is 0.233. The maximum absolute atomic E-state index is 13.6. The van der Waals surface area contributed by atoms with E-state index in [2.05, 4.69) is 17.2 Å². The lowest BCUT2D eigenvalue weighted by Gasteiger charge is -2.57. The third-order valence-corrected chi connectivity index (χ3v) is 12.8. The number of hydrogen-bond acceptors (Lipinski definition) is 8. The van der Waals surface area contributed by atoms with Gasteiger partial charge in [-0.15, -0.1) is 0 Å². The first-order valence-corrected chi connectivity index (χ1v) is 18.0. The van der Waals surface area contributed by atoms with Gasteiger partial charge in [0.05, 0.1) is 11.0 Å². The predicted molar refractivity (Wildman–Crippen MR) is 165 cm³/mol. The van der Waals surface area contributed by atoms with E-state index in [0.717, 1.165) is 62.7 Å². The molecular weight excluding hydrogens is 582 g/mol. The van der Waals surface area contributed by atoms with Gasteiger partial charge in [0.25, 0.3) is 10.2 Å². The molecule has 7 rings (SSSR count). The number of anilines is 2. The average Bonchev–Trinajstić information content (AvgIpc) is 3.60. The van der Waals surface area contributed by atoms with E-state index in [1.54, 1.807) is 9.21 Å². The molecule has 2 spiro atoms. The minimum atomic E-state index is -3.64. The number of amides is 2. The molecule has 3 saturated heterocycles. The van der Waals surface area contributed by atoms with Crippen LogP contribution in [0.25, 0.3) is 0 Å². The summed E-state index contributed by atoms with van der Waals surface area (Å²) in [4.78, 5) is 39.8. The highest BCUT2D eigenvalue weighted by atomic mass is 32.2. The van der Waals surface area contributed by atoms with Crippen LogP contribution in [0.5, 0.6) is 0 Å². The Morgan fingerprint density at radius 1 is 1.00 bits per heavy atom. The summed E-state index contributed by atoms with van der Waals surface area (Å²) >= 11 is 0. The monoisotopic (exact) mass is 629 g/mol. The van der Waals surface area contributed by atoms with Gasteiger partial charge in [0.15, 0.2) is 0 Å². The molecule has 5 fully saturated rings. The number of fused-ring (bicyclic) bond motifs is 2. The summed E-state index contributed by atoms with van der Waals surface area (Å²) in [5.74, 6) is 1.94. The molecule has 1 N–H and O–H groups in total. The quantitative estimate of drug-likeness (QED) is 0.523. The molecule has 44 heavy (non-hydrogen) atoms. The first-order valence-electron chi connectivity index (χ1n) is 16.6. The SMILES string of the molecule is CC1CCCC1N1C(=O)C2(CC2)c2cnc(NC3CCN(S(=O)(=O)N4CC5(CCCCN5C(=O)OC(C)(C)C)C4)CC3)nc21. The van der Waals surface area contributed by atoms with E-state index in [9.17, 15) is 18.0 Å². The number of aromatic nitrogens is 2. The van der Waals surface area contributed by atoms with Gasteiger partial charge in [0.1, 0.15) is 11.4 Å². The fraction of sp³-hybridized carbons (Fsp3) is 0.806. The Morgan fingerprint density at radius 2 is 1.73 bits per heavy atom. The van der Waals surface area contributed by atoms with Crippen LogP contribution in [-0.2, 0) is 25.2 Å². The molecule has 2 unspecified atom stereocenters. The van der Waals surface area contributed by atoms with Crippen molar-refractivity contribution in [3.63, 3.8) is 0 Å². The lowest BCUT2D eigenvalue weighted by Crippen LogP contribution is -2.74. The molecular formula is C31H47N7O5S. The normalized spacial score (nSPS) is 28.8. The highest BCUT2D eigenvalue weighted by molar-refractivity contribution is 7.86. The number of ether oxygens (including phenoxy) is 1. The average molecular weight is 630 g/mol. The Hall–Kier alpha value is -2.51. The third-order valence-electron chi connectivity index (χ3n) is 10.9. The predicted octanol–water partition coefficient (Wildman–Crippen LogP) is 3.64. The van der Waals surface area contributed by atoms with Gasteiger partial charge >= 0.3 is 6.09 Å². The molecule has 0 radical (unpaired) electrons. The van der Waals surface area contributed by atoms with E-state index in [1.165, 1.54) is 4.31 Å². The minimum absolute atomic E-state index is 0.0362. The molecule has 0 bridgehead atoms. The van der Waals surface area contributed by atoms with Crippen molar-refractivity contribution in [3.8, 4) is 0 Å². The highest BCUT2D eigenvalue weighted by Crippen LogP contribution is 2.58. The van der Waals surface area contributed by atoms with Crippen molar-refractivity contribution in [2.24, 2.45) is 5.92 Å². The van der Waals surface area contributed by atoms with Crippen molar-refractivity contribution in [1.29, 1.82) is 0 Å². The van der Waals surface area contributed by atoms with Crippen LogP contribution in [0.3, 0.4) is 0 Å². The van der Waals surface area contributed by atoms with Crippen molar-refractivity contribution >= 4 is 34.0 Å². The molecule has 13 heteroatoms. The molecule has 12 nitrogen and oxygen atoms in total. The standard InChI is InChI=1S/C31H47N7O5S/c1-21-8-7-9-24(21)38-25-23(31(13-14-31)26(38)39)18-32-27(34-25)33-22-10-16-35(17-11-22)44(41,42)36-19-30(20-36)12-5-6-15-37(30)28(40)43-29(2,3)4/h18,21-22,24H,5-17,19-20H2,1-4H3,(H,32,33,34). The van der Waals surface area contributed by atoms with Gasteiger partial charge in [-0.2, -0.15) is 22.0 Å². The van der Waals surface area contributed by atoms with E-state index < -0.39 is 26.8 Å². The van der Waals surface area contributed by atoms with E-state index >= 15 is 0 Å².